The van der Waals surface area contributed by atoms with Crippen molar-refractivity contribution in [3.8, 4) is 5.69 Å². The number of hydrogen-bond donors (Lipinski definition) is 1. The Bertz CT molecular complexity index is 812. The Labute approximate surface area is 126 Å². The summed E-state index contributed by atoms with van der Waals surface area (Å²) in [7, 11) is 0. The standard InChI is InChI=1S/C15H14N4O3/c16-13(20)8-14(21)19-5-3-10-7-11(1-2-12(10)19)18-6-4-17-9-15(18)22/h1-2,4,6-7,9H,3,5,8H2,(H2,16,20). The van der Waals surface area contributed by atoms with Crippen molar-refractivity contribution in [3.63, 3.8) is 0 Å². The summed E-state index contributed by atoms with van der Waals surface area (Å²) >= 11 is 0. The fraction of sp³-hybridized carbons (Fsp3) is 0.200. The van der Waals surface area contributed by atoms with Crippen molar-refractivity contribution >= 4 is 17.5 Å². The van der Waals surface area contributed by atoms with E-state index in [0.29, 0.717) is 13.0 Å². The minimum Gasteiger partial charge on any atom is -0.369 e. The fourth-order valence-electron chi connectivity index (χ4n) is 2.60. The Morgan fingerprint density at radius 3 is 2.86 bits per heavy atom. The maximum atomic E-state index is 12.0. The second-order valence-electron chi connectivity index (χ2n) is 5.04. The van der Waals surface area contributed by atoms with Gasteiger partial charge in [-0.1, -0.05) is 0 Å². The lowest BCUT2D eigenvalue weighted by atomic mass is 10.1. The first-order chi connectivity index (χ1) is 10.6. The molecule has 2 N–H and O–H groups in total. The van der Waals surface area contributed by atoms with Crippen LogP contribution in [0.5, 0.6) is 0 Å². The van der Waals surface area contributed by atoms with E-state index in [4.69, 9.17) is 5.73 Å². The van der Waals surface area contributed by atoms with Crippen LogP contribution in [0.15, 0.2) is 41.6 Å². The van der Waals surface area contributed by atoms with Crippen LogP contribution in [0.1, 0.15) is 12.0 Å². The number of rotatable bonds is 3. The van der Waals surface area contributed by atoms with Gasteiger partial charge in [0.15, 0.2) is 0 Å². The quantitative estimate of drug-likeness (QED) is 0.806. The first-order valence-corrected chi connectivity index (χ1v) is 6.81. The summed E-state index contributed by atoms with van der Waals surface area (Å²) in [4.78, 5) is 40.0. The predicted octanol–water partition coefficient (Wildman–Crippen LogP) is -0.00300. The molecule has 1 aliphatic heterocycles. The van der Waals surface area contributed by atoms with Crippen molar-refractivity contribution in [1.29, 1.82) is 0 Å². The van der Waals surface area contributed by atoms with Crippen molar-refractivity contribution in [2.45, 2.75) is 12.8 Å². The summed E-state index contributed by atoms with van der Waals surface area (Å²) in [5.74, 6) is -0.946. The van der Waals surface area contributed by atoms with Crippen LogP contribution in [-0.2, 0) is 16.0 Å². The van der Waals surface area contributed by atoms with Gasteiger partial charge in [-0.15, -0.1) is 0 Å². The van der Waals surface area contributed by atoms with E-state index in [9.17, 15) is 14.4 Å². The molecule has 112 valence electrons. The lowest BCUT2D eigenvalue weighted by molar-refractivity contribution is -0.126. The van der Waals surface area contributed by atoms with Crippen molar-refractivity contribution in [2.24, 2.45) is 5.73 Å². The third-order valence-electron chi connectivity index (χ3n) is 3.59. The van der Waals surface area contributed by atoms with Gasteiger partial charge in [0.05, 0.1) is 6.20 Å². The number of hydrogen-bond acceptors (Lipinski definition) is 4. The van der Waals surface area contributed by atoms with E-state index >= 15 is 0 Å². The van der Waals surface area contributed by atoms with Crippen LogP contribution in [0.25, 0.3) is 5.69 Å². The first-order valence-electron chi connectivity index (χ1n) is 6.81. The highest BCUT2D eigenvalue weighted by Gasteiger charge is 2.25. The maximum Gasteiger partial charge on any atom is 0.273 e. The molecule has 0 atom stereocenters. The zero-order valence-electron chi connectivity index (χ0n) is 11.7. The molecule has 7 heteroatoms. The molecule has 1 aliphatic rings. The number of nitrogens with zero attached hydrogens (tertiary/aromatic N) is 3. The number of nitrogens with two attached hydrogens (primary N) is 1. The van der Waals surface area contributed by atoms with Crippen LogP contribution in [0.2, 0.25) is 0 Å². The van der Waals surface area contributed by atoms with E-state index in [1.807, 2.05) is 6.07 Å². The molecule has 2 amide bonds. The lowest BCUT2D eigenvalue weighted by Crippen LogP contribution is -2.32. The maximum absolute atomic E-state index is 12.0. The van der Waals surface area contributed by atoms with Gasteiger partial charge in [-0.2, -0.15) is 0 Å². The Hall–Kier alpha value is -2.96. The predicted molar refractivity (Wildman–Crippen MR) is 79.7 cm³/mol. The third-order valence-corrected chi connectivity index (χ3v) is 3.59. The van der Waals surface area contributed by atoms with Gasteiger partial charge in [-0.05, 0) is 30.2 Å². The molecule has 0 aliphatic carbocycles. The lowest BCUT2D eigenvalue weighted by Gasteiger charge is -2.17. The summed E-state index contributed by atoms with van der Waals surface area (Å²) < 4.78 is 1.49. The van der Waals surface area contributed by atoms with E-state index in [2.05, 4.69) is 4.98 Å². The molecule has 1 aromatic heterocycles. The summed E-state index contributed by atoms with van der Waals surface area (Å²) in [6.07, 6.45) is 4.75. The number of carbonyl (C=O) groups excluding carboxylic acids is 2. The Balaban J connectivity index is 1.94. The van der Waals surface area contributed by atoms with E-state index < -0.39 is 5.91 Å². The van der Waals surface area contributed by atoms with Gasteiger partial charge in [0, 0.05) is 30.3 Å². The molecule has 1 aromatic carbocycles. The Morgan fingerprint density at radius 1 is 1.32 bits per heavy atom. The van der Waals surface area contributed by atoms with Gasteiger partial charge in [-0.3, -0.25) is 23.9 Å². The molecule has 0 saturated heterocycles. The highest BCUT2D eigenvalue weighted by atomic mass is 16.2. The number of amides is 2. The Morgan fingerprint density at radius 2 is 2.14 bits per heavy atom. The van der Waals surface area contributed by atoms with Gasteiger partial charge in [0.25, 0.3) is 5.56 Å². The number of benzene rings is 1. The third kappa shape index (κ3) is 2.48. The first kappa shape index (κ1) is 14.0. The van der Waals surface area contributed by atoms with Crippen molar-refractivity contribution in [1.82, 2.24) is 9.55 Å². The van der Waals surface area contributed by atoms with Gasteiger partial charge in [0.1, 0.15) is 6.42 Å². The zero-order chi connectivity index (χ0) is 15.7. The molecule has 3 rings (SSSR count). The molecule has 0 bridgehead atoms. The summed E-state index contributed by atoms with van der Waals surface area (Å²) in [6, 6.07) is 5.41. The molecule has 0 spiro atoms. The second-order valence-corrected chi connectivity index (χ2v) is 5.04. The van der Waals surface area contributed by atoms with Gasteiger partial charge in [-0.25, -0.2) is 0 Å². The topological polar surface area (TPSA) is 98.3 Å². The molecule has 0 saturated carbocycles. The molecule has 2 heterocycles. The van der Waals surface area contributed by atoms with E-state index in [0.717, 1.165) is 16.9 Å². The van der Waals surface area contributed by atoms with Crippen molar-refractivity contribution < 1.29 is 9.59 Å². The largest absolute Gasteiger partial charge is 0.369 e. The Kier molecular flexibility index (Phi) is 3.46. The van der Waals surface area contributed by atoms with Crippen LogP contribution in [0.4, 0.5) is 5.69 Å². The molecular formula is C15H14N4O3. The van der Waals surface area contributed by atoms with E-state index in [1.54, 1.807) is 23.2 Å². The van der Waals surface area contributed by atoms with Crippen molar-refractivity contribution in [3.05, 3.63) is 52.7 Å². The molecule has 0 radical (unpaired) electrons. The van der Waals surface area contributed by atoms with Crippen LogP contribution in [0, 0.1) is 0 Å². The molecule has 0 unspecified atom stereocenters. The minimum absolute atomic E-state index is 0.220. The SMILES string of the molecule is NC(=O)CC(=O)N1CCc2cc(-n3ccncc3=O)ccc21. The average molecular weight is 298 g/mol. The smallest absolute Gasteiger partial charge is 0.273 e. The normalized spacial score (nSPS) is 13.0. The zero-order valence-corrected chi connectivity index (χ0v) is 11.7. The molecular weight excluding hydrogens is 284 g/mol. The number of anilines is 1. The number of carbonyl (C=O) groups is 2. The second kappa shape index (κ2) is 5.44. The summed E-state index contributed by atoms with van der Waals surface area (Å²) in [5.41, 5.74) is 7.28. The fourth-order valence-corrected chi connectivity index (χ4v) is 2.60. The van der Waals surface area contributed by atoms with Crippen LogP contribution in [-0.4, -0.2) is 27.9 Å². The van der Waals surface area contributed by atoms with Gasteiger partial charge >= 0.3 is 0 Å². The van der Waals surface area contributed by atoms with Crippen molar-refractivity contribution in [2.75, 3.05) is 11.4 Å². The number of fused-ring (bicyclic) bond motifs is 1. The van der Waals surface area contributed by atoms with Gasteiger partial charge in [0.2, 0.25) is 11.8 Å². The van der Waals surface area contributed by atoms with Gasteiger partial charge < -0.3 is 10.6 Å². The average Bonchev–Trinajstić information content (AvgIpc) is 2.90. The molecule has 22 heavy (non-hydrogen) atoms. The van der Waals surface area contributed by atoms with Crippen LogP contribution >= 0.6 is 0 Å². The number of primary amides is 1. The monoisotopic (exact) mass is 298 g/mol. The van der Waals surface area contributed by atoms with E-state index in [1.165, 1.54) is 17.0 Å². The minimum atomic E-state index is -0.640. The van der Waals surface area contributed by atoms with E-state index in [-0.39, 0.29) is 17.9 Å². The van der Waals surface area contributed by atoms with Crippen LogP contribution in [0.3, 0.4) is 0 Å². The molecule has 0 fully saturated rings. The highest BCUT2D eigenvalue weighted by Crippen LogP contribution is 2.30. The highest BCUT2D eigenvalue weighted by molar-refractivity contribution is 6.05. The van der Waals surface area contributed by atoms with Crippen LogP contribution < -0.4 is 16.2 Å². The molecule has 2 aromatic rings. The summed E-state index contributed by atoms with van der Waals surface area (Å²) in [5, 5.41) is 0. The number of aromatic nitrogens is 2. The summed E-state index contributed by atoms with van der Waals surface area (Å²) in [6.45, 7) is 0.510. The molecule has 7 nitrogen and oxygen atoms in total.